The molecule has 0 bridgehead atoms. The van der Waals surface area contributed by atoms with Gasteiger partial charge in [0.2, 0.25) is 0 Å². The Balaban J connectivity index is 1.35. The number of carbonyl (C=O) groups is 1. The average Bonchev–Trinajstić information content (AvgIpc) is 2.93. The summed E-state index contributed by atoms with van der Waals surface area (Å²) in [6.07, 6.45) is 5.38. The summed E-state index contributed by atoms with van der Waals surface area (Å²) in [4.78, 5) is 30.7. The van der Waals surface area contributed by atoms with Crippen molar-refractivity contribution in [1.82, 2.24) is 24.8 Å². The molecule has 7 heteroatoms. The number of aromatic nitrogens is 3. The van der Waals surface area contributed by atoms with Crippen LogP contribution in [-0.2, 0) is 0 Å². The van der Waals surface area contributed by atoms with Gasteiger partial charge in [-0.2, -0.15) is 0 Å². The summed E-state index contributed by atoms with van der Waals surface area (Å²) in [5.41, 5.74) is 12.1. The van der Waals surface area contributed by atoms with Gasteiger partial charge in [0.1, 0.15) is 5.82 Å². The van der Waals surface area contributed by atoms with Gasteiger partial charge in [-0.25, -0.2) is 4.98 Å². The molecule has 0 atom stereocenters. The van der Waals surface area contributed by atoms with Crippen LogP contribution >= 0.6 is 0 Å². The minimum Gasteiger partial charge on any atom is -0.384 e. The number of nitrogens with zero attached hydrogens (tertiary/aromatic N) is 5. The van der Waals surface area contributed by atoms with Crippen molar-refractivity contribution >= 4 is 11.7 Å². The molecule has 7 nitrogen and oxygen atoms in total. The van der Waals surface area contributed by atoms with Crippen molar-refractivity contribution in [3.63, 3.8) is 0 Å². The number of benzene rings is 1. The van der Waals surface area contributed by atoms with Crippen LogP contribution in [0.4, 0.5) is 5.82 Å². The third-order valence-electron chi connectivity index (χ3n) is 6.64. The Morgan fingerprint density at radius 1 is 0.833 bits per heavy atom. The zero-order valence-electron chi connectivity index (χ0n) is 20.6. The summed E-state index contributed by atoms with van der Waals surface area (Å²) >= 11 is 0. The van der Waals surface area contributed by atoms with E-state index in [9.17, 15) is 4.79 Å². The molecule has 0 aliphatic carbocycles. The van der Waals surface area contributed by atoms with E-state index in [4.69, 9.17) is 5.73 Å². The maximum Gasteiger partial charge on any atom is 0.253 e. The molecule has 4 aromatic rings. The number of anilines is 1. The van der Waals surface area contributed by atoms with E-state index in [-0.39, 0.29) is 5.91 Å². The molecule has 0 saturated carbocycles. The number of pyridine rings is 3. The Labute approximate surface area is 211 Å². The van der Waals surface area contributed by atoms with Crippen LogP contribution < -0.4 is 5.73 Å². The average molecular weight is 479 g/mol. The number of hydrogen-bond acceptors (Lipinski definition) is 6. The predicted molar refractivity (Wildman–Crippen MR) is 143 cm³/mol. The smallest absolute Gasteiger partial charge is 0.253 e. The second kappa shape index (κ2) is 10.3. The van der Waals surface area contributed by atoms with E-state index >= 15 is 0 Å². The molecule has 4 heterocycles. The van der Waals surface area contributed by atoms with E-state index in [2.05, 4.69) is 39.8 Å². The highest BCUT2D eigenvalue weighted by Crippen LogP contribution is 2.29. The van der Waals surface area contributed by atoms with E-state index in [1.807, 2.05) is 71.9 Å². The Morgan fingerprint density at radius 3 is 2.22 bits per heavy atom. The summed E-state index contributed by atoms with van der Waals surface area (Å²) in [7, 11) is 0. The van der Waals surface area contributed by atoms with Crippen molar-refractivity contribution in [2.45, 2.75) is 19.9 Å². The molecule has 0 spiro atoms. The zero-order valence-corrected chi connectivity index (χ0v) is 20.6. The van der Waals surface area contributed by atoms with Gasteiger partial charge in [0, 0.05) is 67.5 Å². The first-order valence-electron chi connectivity index (χ1n) is 12.3. The summed E-state index contributed by atoms with van der Waals surface area (Å²) in [6.45, 7) is 7.76. The van der Waals surface area contributed by atoms with Crippen molar-refractivity contribution in [2.24, 2.45) is 0 Å². The van der Waals surface area contributed by atoms with Crippen LogP contribution in [0.3, 0.4) is 0 Å². The van der Waals surface area contributed by atoms with E-state index in [1.165, 1.54) is 0 Å². The molecule has 1 fully saturated rings. The number of nitrogen functional groups attached to an aromatic ring is 1. The molecule has 1 aliphatic rings. The van der Waals surface area contributed by atoms with Crippen molar-refractivity contribution in [1.29, 1.82) is 0 Å². The molecule has 1 aromatic carbocycles. The molecule has 0 radical (unpaired) electrons. The number of hydrogen-bond donors (Lipinski definition) is 1. The highest BCUT2D eigenvalue weighted by atomic mass is 16.2. The third-order valence-corrected chi connectivity index (χ3v) is 6.64. The summed E-state index contributed by atoms with van der Waals surface area (Å²) in [5, 5.41) is 0. The minimum atomic E-state index is 0.0890. The molecule has 36 heavy (non-hydrogen) atoms. The largest absolute Gasteiger partial charge is 0.384 e. The Hall–Kier alpha value is -4.10. The van der Waals surface area contributed by atoms with Gasteiger partial charge in [-0.15, -0.1) is 0 Å². The maximum atomic E-state index is 13.0. The van der Waals surface area contributed by atoms with Crippen LogP contribution in [0.1, 0.15) is 24.2 Å². The van der Waals surface area contributed by atoms with Crippen molar-refractivity contribution in [2.75, 3.05) is 31.9 Å². The summed E-state index contributed by atoms with van der Waals surface area (Å²) < 4.78 is 0. The highest BCUT2D eigenvalue weighted by Gasteiger charge is 2.23. The van der Waals surface area contributed by atoms with Gasteiger partial charge in [0.25, 0.3) is 5.91 Å². The molecule has 5 rings (SSSR count). The predicted octanol–water partition coefficient (Wildman–Crippen LogP) is 4.62. The standard InChI is InChI=1S/C29H30N6O/c1-20(2)34-11-13-35(14-12-34)29(36)22-8-6-21(7-9-22)24-15-25(19-31-18-24)23-16-27(33-28(30)17-23)26-5-3-4-10-32-26/h3-10,15-20H,11-14H2,1-2H3,(H2,30,33). The summed E-state index contributed by atoms with van der Waals surface area (Å²) in [5.74, 6) is 0.516. The van der Waals surface area contributed by atoms with Crippen LogP contribution in [0, 0.1) is 0 Å². The molecule has 1 saturated heterocycles. The first-order chi connectivity index (χ1) is 17.5. The van der Waals surface area contributed by atoms with Crippen molar-refractivity contribution in [3.05, 3.63) is 84.8 Å². The molecular weight excluding hydrogens is 448 g/mol. The topological polar surface area (TPSA) is 88.2 Å². The number of piperazine rings is 1. The lowest BCUT2D eigenvalue weighted by molar-refractivity contribution is 0.0595. The van der Waals surface area contributed by atoms with E-state index < -0.39 is 0 Å². The van der Waals surface area contributed by atoms with Crippen LogP contribution in [0.25, 0.3) is 33.6 Å². The third kappa shape index (κ3) is 5.11. The Morgan fingerprint density at radius 2 is 1.56 bits per heavy atom. The van der Waals surface area contributed by atoms with Gasteiger partial charge < -0.3 is 10.6 Å². The van der Waals surface area contributed by atoms with E-state index in [0.29, 0.717) is 23.1 Å². The molecule has 0 unspecified atom stereocenters. The first kappa shape index (κ1) is 23.6. The molecule has 1 amide bonds. The van der Waals surface area contributed by atoms with Gasteiger partial charge in [0.05, 0.1) is 11.4 Å². The Bertz CT molecular complexity index is 1350. The fourth-order valence-corrected chi connectivity index (χ4v) is 4.55. The fourth-order valence-electron chi connectivity index (χ4n) is 4.55. The summed E-state index contributed by atoms with van der Waals surface area (Å²) in [6, 6.07) is 19.9. The second-order valence-corrected chi connectivity index (χ2v) is 9.34. The molecular formula is C29H30N6O. The SMILES string of the molecule is CC(C)N1CCN(C(=O)c2ccc(-c3cncc(-c4cc(N)nc(-c5ccccn5)c4)c3)cc2)CC1. The number of nitrogens with two attached hydrogens (primary N) is 1. The lowest BCUT2D eigenvalue weighted by Crippen LogP contribution is -2.50. The van der Waals surface area contributed by atoms with E-state index in [1.54, 1.807) is 6.20 Å². The van der Waals surface area contributed by atoms with Crippen LogP contribution in [-0.4, -0.2) is 62.9 Å². The van der Waals surface area contributed by atoms with Gasteiger partial charge in [-0.05, 0) is 67.4 Å². The lowest BCUT2D eigenvalue weighted by Gasteiger charge is -2.37. The normalized spacial score (nSPS) is 14.2. The zero-order chi connectivity index (χ0) is 25.1. The molecule has 3 aromatic heterocycles. The van der Waals surface area contributed by atoms with E-state index in [0.717, 1.165) is 54.1 Å². The van der Waals surface area contributed by atoms with Gasteiger partial charge in [-0.1, -0.05) is 18.2 Å². The molecule has 182 valence electrons. The lowest BCUT2D eigenvalue weighted by atomic mass is 10.0. The second-order valence-electron chi connectivity index (χ2n) is 9.34. The number of amides is 1. The van der Waals surface area contributed by atoms with Crippen molar-refractivity contribution < 1.29 is 4.79 Å². The maximum absolute atomic E-state index is 13.0. The fraction of sp³-hybridized carbons (Fsp3) is 0.241. The van der Waals surface area contributed by atoms with Gasteiger partial charge in [-0.3, -0.25) is 19.7 Å². The Kier molecular flexibility index (Phi) is 6.73. The highest BCUT2D eigenvalue weighted by molar-refractivity contribution is 5.95. The molecule has 2 N–H and O–H groups in total. The minimum absolute atomic E-state index is 0.0890. The van der Waals surface area contributed by atoms with Gasteiger partial charge >= 0.3 is 0 Å². The quantitative estimate of drug-likeness (QED) is 0.450. The van der Waals surface area contributed by atoms with Crippen LogP contribution in [0.2, 0.25) is 0 Å². The van der Waals surface area contributed by atoms with Gasteiger partial charge in [0.15, 0.2) is 0 Å². The van der Waals surface area contributed by atoms with Crippen molar-refractivity contribution in [3.8, 4) is 33.6 Å². The molecule has 1 aliphatic heterocycles. The number of carbonyl (C=O) groups excluding carboxylic acids is 1. The monoisotopic (exact) mass is 478 g/mol. The first-order valence-corrected chi connectivity index (χ1v) is 12.3. The number of rotatable bonds is 5. The van der Waals surface area contributed by atoms with Crippen LogP contribution in [0.15, 0.2) is 79.3 Å². The van der Waals surface area contributed by atoms with Crippen LogP contribution in [0.5, 0.6) is 0 Å².